The fourth-order valence-corrected chi connectivity index (χ4v) is 1.58. The maximum absolute atomic E-state index is 13.4. The van der Waals surface area contributed by atoms with Crippen LogP contribution >= 0.6 is 0 Å². The van der Waals surface area contributed by atoms with E-state index in [0.29, 0.717) is 18.8 Å². The van der Waals surface area contributed by atoms with Crippen LogP contribution in [0.5, 0.6) is 11.5 Å². The summed E-state index contributed by atoms with van der Waals surface area (Å²) in [5.41, 5.74) is 0.352. The number of benzene rings is 1. The van der Waals surface area contributed by atoms with Crippen molar-refractivity contribution in [3.63, 3.8) is 0 Å². The minimum atomic E-state index is -0.504. The molecular formula is C11H12FNO3. The van der Waals surface area contributed by atoms with Gasteiger partial charge >= 0.3 is 0 Å². The van der Waals surface area contributed by atoms with Gasteiger partial charge in [-0.3, -0.25) is 4.79 Å². The maximum Gasteiger partial charge on any atom is 0.197 e. The number of hydrogen-bond acceptors (Lipinski definition) is 4. The number of Topliss-reactive ketones (excluding diaryl/α,β-unsaturated/α-hetero) is 1. The lowest BCUT2D eigenvalue weighted by atomic mass is 10.1. The second kappa shape index (κ2) is 4.49. The Balaban J connectivity index is 2.42. The molecule has 0 spiro atoms. The van der Waals surface area contributed by atoms with Crippen LogP contribution in [0.1, 0.15) is 10.4 Å². The second-order valence-electron chi connectivity index (χ2n) is 3.40. The van der Waals surface area contributed by atoms with E-state index in [1.165, 1.54) is 12.1 Å². The molecule has 1 N–H and O–H groups in total. The Hall–Kier alpha value is -1.62. The van der Waals surface area contributed by atoms with Crippen LogP contribution in [-0.2, 0) is 0 Å². The molecule has 0 atom stereocenters. The molecule has 16 heavy (non-hydrogen) atoms. The molecule has 0 amide bonds. The van der Waals surface area contributed by atoms with Crippen LogP contribution in [0.4, 0.5) is 4.39 Å². The quantitative estimate of drug-likeness (QED) is 0.779. The summed E-state index contributed by atoms with van der Waals surface area (Å²) in [5.74, 6) is -0.403. The van der Waals surface area contributed by atoms with Crippen LogP contribution in [-0.4, -0.2) is 32.6 Å². The first-order chi connectivity index (χ1) is 7.74. The Bertz CT molecular complexity index is 420. The molecule has 0 bridgehead atoms. The Labute approximate surface area is 92.4 Å². The SMILES string of the molecule is CNCC(=O)c1ccc(F)c2c1OCCO2. The average Bonchev–Trinajstić information content (AvgIpc) is 2.30. The van der Waals surface area contributed by atoms with Gasteiger partial charge in [0.05, 0.1) is 12.1 Å². The highest BCUT2D eigenvalue weighted by Crippen LogP contribution is 2.36. The average molecular weight is 225 g/mol. The highest BCUT2D eigenvalue weighted by Gasteiger charge is 2.23. The molecule has 2 rings (SSSR count). The van der Waals surface area contributed by atoms with E-state index in [1.54, 1.807) is 7.05 Å². The maximum atomic E-state index is 13.4. The van der Waals surface area contributed by atoms with E-state index in [4.69, 9.17) is 9.47 Å². The highest BCUT2D eigenvalue weighted by atomic mass is 19.1. The van der Waals surface area contributed by atoms with Gasteiger partial charge in [-0.1, -0.05) is 0 Å². The Morgan fingerprint density at radius 1 is 1.38 bits per heavy atom. The van der Waals surface area contributed by atoms with E-state index < -0.39 is 5.82 Å². The number of likely N-dealkylation sites (N-methyl/N-ethyl adjacent to an activating group) is 1. The van der Waals surface area contributed by atoms with Gasteiger partial charge in [0.15, 0.2) is 23.1 Å². The lowest BCUT2D eigenvalue weighted by molar-refractivity contribution is 0.0981. The molecule has 0 aromatic heterocycles. The molecule has 0 fully saturated rings. The molecule has 4 nitrogen and oxygen atoms in total. The van der Waals surface area contributed by atoms with Crippen molar-refractivity contribution in [3.8, 4) is 11.5 Å². The number of carbonyl (C=O) groups excluding carboxylic acids is 1. The summed E-state index contributed by atoms with van der Waals surface area (Å²) in [5, 5.41) is 2.75. The normalized spacial score (nSPS) is 13.6. The zero-order valence-corrected chi connectivity index (χ0v) is 8.88. The van der Waals surface area contributed by atoms with Crippen LogP contribution in [0.2, 0.25) is 0 Å². The summed E-state index contributed by atoms with van der Waals surface area (Å²) in [6.45, 7) is 0.811. The van der Waals surface area contributed by atoms with Gasteiger partial charge in [-0.05, 0) is 19.2 Å². The van der Waals surface area contributed by atoms with Crippen LogP contribution in [0.25, 0.3) is 0 Å². The number of halogens is 1. The molecule has 0 unspecified atom stereocenters. The van der Waals surface area contributed by atoms with Crippen molar-refractivity contribution in [3.05, 3.63) is 23.5 Å². The standard InChI is InChI=1S/C11H12FNO3/c1-13-6-9(14)7-2-3-8(12)11-10(7)15-4-5-16-11/h2-3,13H,4-6H2,1H3. The summed E-state index contributed by atoms with van der Waals surface area (Å²) < 4.78 is 23.8. The smallest absolute Gasteiger partial charge is 0.197 e. The molecule has 1 aromatic carbocycles. The third-order valence-corrected chi connectivity index (χ3v) is 2.28. The first-order valence-corrected chi connectivity index (χ1v) is 5.00. The van der Waals surface area contributed by atoms with Crippen LogP contribution in [0.15, 0.2) is 12.1 Å². The first-order valence-electron chi connectivity index (χ1n) is 5.00. The van der Waals surface area contributed by atoms with Crippen molar-refractivity contribution in [2.24, 2.45) is 0 Å². The number of ketones is 1. The number of rotatable bonds is 3. The number of carbonyl (C=O) groups is 1. The molecule has 5 heteroatoms. The fraction of sp³-hybridized carbons (Fsp3) is 0.364. The number of nitrogens with one attached hydrogen (secondary N) is 1. The van der Waals surface area contributed by atoms with Crippen molar-refractivity contribution in [2.45, 2.75) is 0 Å². The zero-order valence-electron chi connectivity index (χ0n) is 8.88. The predicted octanol–water partition coefficient (Wildman–Crippen LogP) is 0.999. The van der Waals surface area contributed by atoms with E-state index in [0.717, 1.165) is 0 Å². The predicted molar refractivity (Wildman–Crippen MR) is 55.6 cm³/mol. The lowest BCUT2D eigenvalue weighted by Gasteiger charge is -2.20. The molecule has 1 aliphatic heterocycles. The van der Waals surface area contributed by atoms with Gasteiger partial charge in [0.25, 0.3) is 0 Å². The molecule has 86 valence electrons. The third kappa shape index (κ3) is 1.86. The van der Waals surface area contributed by atoms with Gasteiger partial charge in [-0.25, -0.2) is 4.39 Å². The second-order valence-corrected chi connectivity index (χ2v) is 3.40. The van der Waals surface area contributed by atoms with E-state index in [2.05, 4.69) is 5.32 Å². The molecule has 0 saturated carbocycles. The Morgan fingerprint density at radius 2 is 2.06 bits per heavy atom. The molecule has 0 aliphatic carbocycles. The van der Waals surface area contributed by atoms with Crippen molar-refractivity contribution in [1.82, 2.24) is 5.32 Å². The van der Waals surface area contributed by atoms with Crippen molar-refractivity contribution in [2.75, 3.05) is 26.8 Å². The van der Waals surface area contributed by atoms with Gasteiger partial charge in [0, 0.05) is 0 Å². The fourth-order valence-electron chi connectivity index (χ4n) is 1.58. The summed E-state index contributed by atoms with van der Waals surface area (Å²) in [6, 6.07) is 2.64. The monoisotopic (exact) mass is 225 g/mol. The molecule has 0 saturated heterocycles. The van der Waals surface area contributed by atoms with E-state index >= 15 is 0 Å². The lowest BCUT2D eigenvalue weighted by Crippen LogP contribution is -2.23. The van der Waals surface area contributed by atoms with Gasteiger partial charge < -0.3 is 14.8 Å². The van der Waals surface area contributed by atoms with Gasteiger partial charge in [0.2, 0.25) is 0 Å². The van der Waals surface area contributed by atoms with Crippen molar-refractivity contribution >= 4 is 5.78 Å². The number of fused-ring (bicyclic) bond motifs is 1. The minimum Gasteiger partial charge on any atom is -0.485 e. The summed E-state index contributed by atoms with van der Waals surface area (Å²) in [4.78, 5) is 11.7. The first kappa shape index (κ1) is 10.9. The van der Waals surface area contributed by atoms with Gasteiger partial charge in [-0.2, -0.15) is 0 Å². The van der Waals surface area contributed by atoms with Crippen LogP contribution < -0.4 is 14.8 Å². The summed E-state index contributed by atoms with van der Waals surface area (Å²) in [6.07, 6.45) is 0. The van der Waals surface area contributed by atoms with E-state index in [1.807, 2.05) is 0 Å². The zero-order chi connectivity index (χ0) is 11.5. The molecule has 1 heterocycles. The van der Waals surface area contributed by atoms with Crippen molar-refractivity contribution < 1.29 is 18.7 Å². The Kier molecular flexibility index (Phi) is 3.05. The summed E-state index contributed by atoms with van der Waals surface area (Å²) in [7, 11) is 1.67. The Morgan fingerprint density at radius 3 is 2.75 bits per heavy atom. The van der Waals surface area contributed by atoms with Crippen LogP contribution in [0.3, 0.4) is 0 Å². The number of ether oxygens (including phenoxy) is 2. The van der Waals surface area contributed by atoms with E-state index in [-0.39, 0.29) is 23.8 Å². The largest absolute Gasteiger partial charge is 0.485 e. The van der Waals surface area contributed by atoms with E-state index in [9.17, 15) is 9.18 Å². The minimum absolute atomic E-state index is 0.0354. The molecule has 1 aromatic rings. The van der Waals surface area contributed by atoms with Crippen LogP contribution in [0, 0.1) is 5.82 Å². The van der Waals surface area contributed by atoms with Crippen molar-refractivity contribution in [1.29, 1.82) is 0 Å². The van der Waals surface area contributed by atoms with Gasteiger partial charge in [-0.15, -0.1) is 0 Å². The summed E-state index contributed by atoms with van der Waals surface area (Å²) >= 11 is 0. The third-order valence-electron chi connectivity index (χ3n) is 2.28. The molecular weight excluding hydrogens is 213 g/mol. The molecule has 1 aliphatic rings. The topological polar surface area (TPSA) is 47.6 Å². The highest BCUT2D eigenvalue weighted by molar-refractivity contribution is 6.00. The van der Waals surface area contributed by atoms with Gasteiger partial charge in [0.1, 0.15) is 13.2 Å². The molecule has 0 radical (unpaired) electrons. The number of hydrogen-bond donors (Lipinski definition) is 1.